The molecule has 0 bridgehead atoms. The Balaban J connectivity index is 1.53. The fourth-order valence-electron chi connectivity index (χ4n) is 5.24. The Morgan fingerprint density at radius 2 is 1.81 bits per heavy atom. The second-order valence-corrected chi connectivity index (χ2v) is 10.9. The third kappa shape index (κ3) is 6.55. The quantitative estimate of drug-likeness (QED) is 0.447. The van der Waals surface area contributed by atoms with Crippen LogP contribution >= 0.6 is 0 Å². The van der Waals surface area contributed by atoms with Crippen molar-refractivity contribution < 1.29 is 18.9 Å². The average molecular weight is 507 g/mol. The molecule has 37 heavy (non-hydrogen) atoms. The molecule has 2 aliphatic heterocycles. The van der Waals surface area contributed by atoms with E-state index in [0.717, 1.165) is 31.5 Å². The van der Waals surface area contributed by atoms with Gasteiger partial charge in [0.05, 0.1) is 23.3 Å². The van der Waals surface area contributed by atoms with Crippen molar-refractivity contribution in [2.75, 3.05) is 13.1 Å². The lowest BCUT2D eigenvalue weighted by Gasteiger charge is -2.42. The molecule has 0 radical (unpaired) electrons. The highest BCUT2D eigenvalue weighted by Crippen LogP contribution is 2.44. The number of aromatic nitrogens is 2. The van der Waals surface area contributed by atoms with E-state index >= 15 is 0 Å². The van der Waals surface area contributed by atoms with Gasteiger partial charge in [0.1, 0.15) is 11.7 Å². The predicted octanol–water partition coefficient (Wildman–Crippen LogP) is 2.32. The van der Waals surface area contributed by atoms with Gasteiger partial charge in [0.2, 0.25) is 5.91 Å². The SMILES string of the molecule is CC(C)C[C@H](NC(=O)[C@H](Cc1ccccc1)NC(=O)c1cnccn1)B1OC(C)(C)C2(CCNCC2)O1. The van der Waals surface area contributed by atoms with E-state index in [1.165, 1.54) is 18.6 Å². The van der Waals surface area contributed by atoms with Gasteiger partial charge in [-0.1, -0.05) is 44.2 Å². The van der Waals surface area contributed by atoms with Crippen LogP contribution in [0, 0.1) is 5.92 Å². The number of amides is 2. The lowest BCUT2D eigenvalue weighted by atomic mass is 9.73. The summed E-state index contributed by atoms with van der Waals surface area (Å²) in [5.41, 5.74) is 0.213. The highest BCUT2D eigenvalue weighted by atomic mass is 16.7. The summed E-state index contributed by atoms with van der Waals surface area (Å²) < 4.78 is 13.1. The number of rotatable bonds is 9. The first-order valence-corrected chi connectivity index (χ1v) is 13.2. The number of benzene rings is 1. The fourth-order valence-corrected chi connectivity index (χ4v) is 5.24. The molecule has 9 nitrogen and oxygen atoms in total. The van der Waals surface area contributed by atoms with Crippen molar-refractivity contribution in [3.05, 3.63) is 60.2 Å². The molecule has 3 N–H and O–H groups in total. The lowest BCUT2D eigenvalue weighted by molar-refractivity contribution is -0.123. The predicted molar refractivity (Wildman–Crippen MR) is 142 cm³/mol. The van der Waals surface area contributed by atoms with E-state index in [1.54, 1.807) is 0 Å². The third-order valence-electron chi connectivity index (χ3n) is 7.34. The molecule has 1 aromatic heterocycles. The molecule has 0 unspecified atom stereocenters. The highest BCUT2D eigenvalue weighted by Gasteiger charge is 2.59. The summed E-state index contributed by atoms with van der Waals surface area (Å²) in [6.07, 6.45) is 7.05. The molecule has 3 heterocycles. The number of nitrogens with zero attached hydrogens (tertiary/aromatic N) is 2. The van der Waals surface area contributed by atoms with Crippen LogP contribution in [0.15, 0.2) is 48.9 Å². The zero-order valence-electron chi connectivity index (χ0n) is 22.2. The molecule has 0 saturated carbocycles. The highest BCUT2D eigenvalue weighted by molar-refractivity contribution is 6.48. The lowest BCUT2D eigenvalue weighted by Crippen LogP contribution is -2.56. The van der Waals surface area contributed by atoms with Gasteiger partial charge in [-0.25, -0.2) is 4.98 Å². The van der Waals surface area contributed by atoms with E-state index in [4.69, 9.17) is 9.31 Å². The van der Waals surface area contributed by atoms with E-state index in [2.05, 4.69) is 53.6 Å². The monoisotopic (exact) mass is 507 g/mol. The molecule has 0 aliphatic carbocycles. The number of hydrogen-bond acceptors (Lipinski definition) is 7. The summed E-state index contributed by atoms with van der Waals surface area (Å²) >= 11 is 0. The van der Waals surface area contributed by atoms with Crippen molar-refractivity contribution in [3.63, 3.8) is 0 Å². The Labute approximate surface area is 219 Å². The van der Waals surface area contributed by atoms with Crippen LogP contribution in [0.2, 0.25) is 0 Å². The zero-order chi connectivity index (χ0) is 26.5. The van der Waals surface area contributed by atoms with Crippen LogP contribution in [0.1, 0.15) is 63.0 Å². The first kappa shape index (κ1) is 27.2. The summed E-state index contributed by atoms with van der Waals surface area (Å²) in [6, 6.07) is 8.81. The van der Waals surface area contributed by atoms with Gasteiger partial charge in [-0.05, 0) is 57.7 Å². The number of piperidine rings is 1. The molecule has 198 valence electrons. The van der Waals surface area contributed by atoms with Crippen molar-refractivity contribution in [2.45, 2.75) is 76.6 Å². The van der Waals surface area contributed by atoms with Gasteiger partial charge < -0.3 is 25.3 Å². The van der Waals surface area contributed by atoms with Crippen LogP contribution in [0.5, 0.6) is 0 Å². The Morgan fingerprint density at radius 1 is 1.08 bits per heavy atom. The number of hydrogen-bond donors (Lipinski definition) is 3. The van der Waals surface area contributed by atoms with Crippen LogP contribution in [0.25, 0.3) is 0 Å². The van der Waals surface area contributed by atoms with Crippen LogP contribution in [-0.4, -0.2) is 65.2 Å². The fraction of sp³-hybridized carbons (Fsp3) is 0.556. The van der Waals surface area contributed by atoms with E-state index < -0.39 is 30.3 Å². The van der Waals surface area contributed by atoms with Gasteiger partial charge in [-0.3, -0.25) is 14.6 Å². The van der Waals surface area contributed by atoms with Crippen molar-refractivity contribution in [1.82, 2.24) is 25.9 Å². The smallest absolute Gasteiger partial charge is 0.402 e. The molecule has 2 fully saturated rings. The molecule has 2 saturated heterocycles. The summed E-state index contributed by atoms with van der Waals surface area (Å²) in [5, 5.41) is 9.43. The minimum atomic E-state index is -0.811. The van der Waals surface area contributed by atoms with Gasteiger partial charge in [-0.15, -0.1) is 0 Å². The maximum absolute atomic E-state index is 13.7. The molecule has 10 heteroatoms. The summed E-state index contributed by atoms with van der Waals surface area (Å²) in [6.45, 7) is 10.1. The Kier molecular flexibility index (Phi) is 8.62. The minimum Gasteiger partial charge on any atom is -0.402 e. The van der Waals surface area contributed by atoms with Crippen LogP contribution < -0.4 is 16.0 Å². The number of carbonyl (C=O) groups excluding carboxylic acids is 2. The van der Waals surface area contributed by atoms with Crippen LogP contribution in [0.3, 0.4) is 0 Å². The summed E-state index contributed by atoms with van der Waals surface area (Å²) in [7, 11) is -0.576. The second-order valence-electron chi connectivity index (χ2n) is 10.9. The summed E-state index contributed by atoms with van der Waals surface area (Å²) in [5.74, 6) is -0.810. The third-order valence-corrected chi connectivity index (χ3v) is 7.34. The molecular weight excluding hydrogens is 469 g/mol. The van der Waals surface area contributed by atoms with Crippen molar-refractivity contribution in [2.24, 2.45) is 5.92 Å². The standard InChI is InChI=1S/C27H38BN5O4/c1-19(2)16-23(28-36-26(3,4)27(37-28)10-12-29-13-11-27)33-24(34)21(17-20-8-6-5-7-9-20)32-25(35)22-18-30-14-15-31-22/h5-9,14-15,18-19,21,23,29H,10-13,16-17H2,1-4H3,(H,32,35)(H,33,34)/t21-,23-/m0/s1. The number of nitrogens with one attached hydrogen (secondary N) is 3. The maximum atomic E-state index is 13.7. The largest absolute Gasteiger partial charge is 0.481 e. The van der Waals surface area contributed by atoms with E-state index in [1.807, 2.05) is 30.3 Å². The molecule has 2 amide bonds. The zero-order valence-corrected chi connectivity index (χ0v) is 22.2. The topological polar surface area (TPSA) is 114 Å². The molecule has 1 spiro atoms. The van der Waals surface area contributed by atoms with Crippen LogP contribution in [0.4, 0.5) is 0 Å². The average Bonchev–Trinajstić information content (AvgIpc) is 3.13. The van der Waals surface area contributed by atoms with Gasteiger partial charge in [0.25, 0.3) is 5.91 Å². The van der Waals surface area contributed by atoms with Crippen LogP contribution in [-0.2, 0) is 20.5 Å². The second kappa shape index (κ2) is 11.7. The van der Waals surface area contributed by atoms with Gasteiger partial charge >= 0.3 is 7.12 Å². The summed E-state index contributed by atoms with van der Waals surface area (Å²) in [4.78, 5) is 34.7. The normalized spacial score (nSPS) is 20.0. The van der Waals surface area contributed by atoms with Crippen molar-refractivity contribution in [3.8, 4) is 0 Å². The van der Waals surface area contributed by atoms with E-state index in [0.29, 0.717) is 18.8 Å². The van der Waals surface area contributed by atoms with E-state index in [9.17, 15) is 9.59 Å². The molecule has 1 aromatic carbocycles. The molecule has 2 aliphatic rings. The van der Waals surface area contributed by atoms with Crippen molar-refractivity contribution in [1.29, 1.82) is 0 Å². The molecule has 4 rings (SSSR count). The Morgan fingerprint density at radius 3 is 2.46 bits per heavy atom. The van der Waals surface area contributed by atoms with Gasteiger partial charge in [-0.2, -0.15) is 0 Å². The molecule has 2 atom stereocenters. The molecule has 2 aromatic rings. The minimum absolute atomic E-state index is 0.157. The first-order valence-electron chi connectivity index (χ1n) is 13.2. The van der Waals surface area contributed by atoms with Crippen molar-refractivity contribution >= 4 is 18.9 Å². The molecular formula is C27H38BN5O4. The first-order chi connectivity index (χ1) is 17.7. The van der Waals surface area contributed by atoms with E-state index in [-0.39, 0.29) is 17.5 Å². The maximum Gasteiger partial charge on any atom is 0.481 e. The number of carbonyl (C=O) groups is 2. The van der Waals surface area contributed by atoms with Gasteiger partial charge in [0, 0.05) is 18.8 Å². The van der Waals surface area contributed by atoms with Gasteiger partial charge in [0.15, 0.2) is 0 Å². The Bertz CT molecular complexity index is 1050. The Hall–Kier alpha value is -2.82.